The molecule has 0 spiro atoms. The summed E-state index contributed by atoms with van der Waals surface area (Å²) in [6, 6.07) is 14.4. The van der Waals surface area contributed by atoms with Gasteiger partial charge in [0.15, 0.2) is 0 Å². The molecule has 1 aromatic heterocycles. The van der Waals surface area contributed by atoms with E-state index in [1.54, 1.807) is 12.1 Å². The first-order valence-electron chi connectivity index (χ1n) is 8.34. The first-order valence-corrected chi connectivity index (χ1v) is 8.34. The average molecular weight is 337 g/mol. The van der Waals surface area contributed by atoms with E-state index in [4.69, 9.17) is 0 Å². The molecule has 0 atom stereocenters. The Kier molecular flexibility index (Phi) is 3.90. The van der Waals surface area contributed by atoms with Gasteiger partial charge < -0.3 is 5.11 Å². The molecule has 5 heteroatoms. The monoisotopic (exact) mass is 337 g/mol. The minimum absolute atomic E-state index is 0.287. The van der Waals surface area contributed by atoms with Crippen LogP contribution >= 0.6 is 0 Å². The molecule has 0 saturated carbocycles. The summed E-state index contributed by atoms with van der Waals surface area (Å²) >= 11 is 0. The molecule has 2 aromatic carbocycles. The first-order chi connectivity index (χ1) is 12.0. The van der Waals surface area contributed by atoms with E-state index in [0.29, 0.717) is 19.6 Å². The summed E-state index contributed by atoms with van der Waals surface area (Å²) in [5, 5.41) is 18.0. The van der Waals surface area contributed by atoms with E-state index in [0.717, 1.165) is 22.4 Å². The standard InChI is InChI=1S/C20H20FN3O/c1-14-3-2-4-15(9-14)19-16(10-22-23-19)11-24-12-20(25,13-24)17-5-7-18(21)8-6-17/h2-10,25H,11-13H2,1H3,(H,22,23). The van der Waals surface area contributed by atoms with Crippen LogP contribution in [0.15, 0.2) is 54.7 Å². The van der Waals surface area contributed by atoms with Crippen LogP contribution < -0.4 is 0 Å². The van der Waals surface area contributed by atoms with E-state index in [1.165, 1.54) is 17.7 Å². The van der Waals surface area contributed by atoms with Gasteiger partial charge in [-0.25, -0.2) is 4.39 Å². The van der Waals surface area contributed by atoms with Gasteiger partial charge in [0.25, 0.3) is 0 Å². The lowest BCUT2D eigenvalue weighted by Crippen LogP contribution is -2.58. The van der Waals surface area contributed by atoms with Gasteiger partial charge in [-0.05, 0) is 30.7 Å². The third kappa shape index (κ3) is 3.08. The maximum absolute atomic E-state index is 13.1. The zero-order valence-corrected chi connectivity index (χ0v) is 14.0. The summed E-state index contributed by atoms with van der Waals surface area (Å²) in [5.74, 6) is -0.287. The summed E-state index contributed by atoms with van der Waals surface area (Å²) < 4.78 is 13.1. The van der Waals surface area contributed by atoms with Crippen LogP contribution in [0.3, 0.4) is 0 Å². The zero-order chi connectivity index (χ0) is 17.4. The van der Waals surface area contributed by atoms with Crippen molar-refractivity contribution in [3.05, 3.63) is 77.2 Å². The maximum atomic E-state index is 13.1. The molecule has 1 saturated heterocycles. The van der Waals surface area contributed by atoms with Crippen molar-refractivity contribution < 1.29 is 9.50 Å². The van der Waals surface area contributed by atoms with Crippen LogP contribution in [0, 0.1) is 12.7 Å². The third-order valence-electron chi connectivity index (χ3n) is 4.77. The Hall–Kier alpha value is -2.50. The molecular formula is C20H20FN3O. The van der Waals surface area contributed by atoms with Gasteiger partial charge in [-0.1, -0.05) is 35.9 Å². The molecule has 0 amide bonds. The molecule has 4 rings (SSSR count). The lowest BCUT2D eigenvalue weighted by atomic mass is 9.86. The SMILES string of the molecule is Cc1cccc(-c2[nH]ncc2CN2CC(O)(c3ccc(F)cc3)C2)c1. The van der Waals surface area contributed by atoms with Crippen molar-refractivity contribution in [2.75, 3.05) is 13.1 Å². The van der Waals surface area contributed by atoms with Crippen molar-refractivity contribution >= 4 is 0 Å². The lowest BCUT2D eigenvalue weighted by Gasteiger charge is -2.46. The van der Waals surface area contributed by atoms with Crippen LogP contribution in [0.5, 0.6) is 0 Å². The first kappa shape index (κ1) is 16.0. The molecular weight excluding hydrogens is 317 g/mol. The molecule has 0 aliphatic carbocycles. The van der Waals surface area contributed by atoms with Gasteiger partial charge in [0.1, 0.15) is 11.4 Å². The van der Waals surface area contributed by atoms with Crippen LogP contribution in [0.1, 0.15) is 16.7 Å². The number of aryl methyl sites for hydroxylation is 1. The predicted molar refractivity (Wildman–Crippen MR) is 94.3 cm³/mol. The van der Waals surface area contributed by atoms with E-state index >= 15 is 0 Å². The van der Waals surface area contributed by atoms with Crippen LogP contribution in [-0.4, -0.2) is 33.3 Å². The fraction of sp³-hybridized carbons (Fsp3) is 0.250. The second kappa shape index (κ2) is 6.10. The van der Waals surface area contributed by atoms with Crippen LogP contribution in [0.4, 0.5) is 4.39 Å². The predicted octanol–water partition coefficient (Wildman–Crippen LogP) is 3.23. The molecule has 2 N–H and O–H groups in total. The quantitative estimate of drug-likeness (QED) is 0.768. The number of rotatable bonds is 4. The molecule has 0 radical (unpaired) electrons. The fourth-order valence-electron chi connectivity index (χ4n) is 3.47. The summed E-state index contributed by atoms with van der Waals surface area (Å²) in [7, 11) is 0. The number of nitrogens with zero attached hydrogens (tertiary/aromatic N) is 2. The normalized spacial score (nSPS) is 16.6. The van der Waals surface area contributed by atoms with Crippen LogP contribution in [-0.2, 0) is 12.1 Å². The highest BCUT2D eigenvalue weighted by Gasteiger charge is 2.42. The zero-order valence-electron chi connectivity index (χ0n) is 14.0. The summed E-state index contributed by atoms with van der Waals surface area (Å²) in [6.07, 6.45) is 1.84. The Bertz CT molecular complexity index is 882. The molecule has 25 heavy (non-hydrogen) atoms. The molecule has 128 valence electrons. The van der Waals surface area contributed by atoms with Gasteiger partial charge in [0.05, 0.1) is 11.9 Å². The average Bonchev–Trinajstić information content (AvgIpc) is 3.02. The number of hydrogen-bond donors (Lipinski definition) is 2. The summed E-state index contributed by atoms with van der Waals surface area (Å²) in [6.45, 7) is 3.83. The number of benzene rings is 2. The van der Waals surface area contributed by atoms with Crippen molar-refractivity contribution in [1.82, 2.24) is 15.1 Å². The molecule has 1 aliphatic heterocycles. The highest BCUT2D eigenvalue weighted by atomic mass is 19.1. The largest absolute Gasteiger partial charge is 0.382 e. The van der Waals surface area contributed by atoms with Gasteiger partial charge in [-0.15, -0.1) is 0 Å². The molecule has 0 unspecified atom stereocenters. The number of hydrogen-bond acceptors (Lipinski definition) is 3. The van der Waals surface area contributed by atoms with E-state index in [9.17, 15) is 9.50 Å². The topological polar surface area (TPSA) is 52.2 Å². The van der Waals surface area contributed by atoms with Crippen molar-refractivity contribution in [3.8, 4) is 11.3 Å². The molecule has 3 aromatic rings. The molecule has 2 heterocycles. The van der Waals surface area contributed by atoms with Gasteiger partial charge in [0, 0.05) is 30.8 Å². The second-order valence-corrected chi connectivity index (χ2v) is 6.82. The second-order valence-electron chi connectivity index (χ2n) is 6.82. The highest BCUT2D eigenvalue weighted by molar-refractivity contribution is 5.63. The smallest absolute Gasteiger partial charge is 0.123 e. The van der Waals surface area contributed by atoms with Crippen molar-refractivity contribution in [3.63, 3.8) is 0 Å². The molecule has 4 nitrogen and oxygen atoms in total. The van der Waals surface area contributed by atoms with Gasteiger partial charge in [-0.3, -0.25) is 10.00 Å². The lowest BCUT2D eigenvalue weighted by molar-refractivity contribution is -0.107. The number of likely N-dealkylation sites (tertiary alicyclic amines) is 1. The number of aliphatic hydroxyl groups is 1. The number of aromatic nitrogens is 2. The van der Waals surface area contributed by atoms with Gasteiger partial charge in [0.2, 0.25) is 0 Å². The Morgan fingerprint density at radius 3 is 2.68 bits per heavy atom. The van der Waals surface area contributed by atoms with E-state index in [2.05, 4.69) is 40.2 Å². The van der Waals surface area contributed by atoms with Gasteiger partial charge >= 0.3 is 0 Å². The van der Waals surface area contributed by atoms with E-state index in [1.807, 2.05) is 12.3 Å². The third-order valence-corrected chi connectivity index (χ3v) is 4.77. The van der Waals surface area contributed by atoms with Crippen LogP contribution in [0.2, 0.25) is 0 Å². The number of aromatic amines is 1. The summed E-state index contributed by atoms with van der Waals surface area (Å²) in [5.41, 5.74) is 4.29. The number of nitrogens with one attached hydrogen (secondary N) is 1. The molecule has 0 bridgehead atoms. The molecule has 1 fully saturated rings. The number of β-amino-alcohol motifs (C(OH)–C–C–N with tert-alkyl or cyclic N) is 1. The van der Waals surface area contributed by atoms with Crippen LogP contribution in [0.25, 0.3) is 11.3 Å². The van der Waals surface area contributed by atoms with Crippen molar-refractivity contribution in [2.45, 2.75) is 19.1 Å². The minimum atomic E-state index is -0.902. The highest BCUT2D eigenvalue weighted by Crippen LogP contribution is 2.34. The van der Waals surface area contributed by atoms with E-state index in [-0.39, 0.29) is 5.82 Å². The molecule has 1 aliphatic rings. The Morgan fingerprint density at radius 2 is 1.96 bits per heavy atom. The Balaban J connectivity index is 1.47. The maximum Gasteiger partial charge on any atom is 0.123 e. The van der Waals surface area contributed by atoms with E-state index < -0.39 is 5.60 Å². The minimum Gasteiger partial charge on any atom is -0.382 e. The van der Waals surface area contributed by atoms with Crippen molar-refractivity contribution in [1.29, 1.82) is 0 Å². The fourth-order valence-corrected chi connectivity index (χ4v) is 3.47. The number of halogens is 1. The number of H-pyrrole nitrogens is 1. The van der Waals surface area contributed by atoms with Gasteiger partial charge in [-0.2, -0.15) is 5.10 Å². The van der Waals surface area contributed by atoms with Crippen molar-refractivity contribution in [2.24, 2.45) is 0 Å². The Morgan fingerprint density at radius 1 is 1.20 bits per heavy atom. The summed E-state index contributed by atoms with van der Waals surface area (Å²) in [4.78, 5) is 2.16. The Labute approximate surface area is 145 Å².